The Morgan fingerprint density at radius 3 is 2.65 bits per heavy atom. The van der Waals surface area contributed by atoms with Gasteiger partial charge in [0.2, 0.25) is 0 Å². The molecule has 4 rings (SSSR count). The van der Waals surface area contributed by atoms with Gasteiger partial charge in [0.15, 0.2) is 11.5 Å². The summed E-state index contributed by atoms with van der Waals surface area (Å²) in [5.41, 5.74) is 6.30. The lowest BCUT2D eigenvalue weighted by Crippen LogP contribution is -2.16. The van der Waals surface area contributed by atoms with Crippen molar-refractivity contribution in [1.82, 2.24) is 5.43 Å². The van der Waals surface area contributed by atoms with Crippen LogP contribution in [0.2, 0.25) is 0 Å². The van der Waals surface area contributed by atoms with Crippen LogP contribution in [0, 0.1) is 17.0 Å². The van der Waals surface area contributed by atoms with Gasteiger partial charge in [-0.2, -0.15) is 5.10 Å². The molecule has 3 aromatic carbocycles. The Morgan fingerprint density at radius 2 is 1.95 bits per heavy atom. The van der Waals surface area contributed by atoms with Crippen LogP contribution in [0.5, 0.6) is 11.5 Å². The number of benzene rings is 3. The largest absolute Gasteiger partial charge is 0.493 e. The molecular weight excluding hydrogens is 490 g/mol. The molecule has 0 saturated carbocycles. The highest BCUT2D eigenvalue weighted by molar-refractivity contribution is 7.20. The number of aryl methyl sites for hydroxylation is 1. The van der Waals surface area contributed by atoms with Crippen LogP contribution in [0.3, 0.4) is 0 Å². The molecule has 8 nitrogen and oxygen atoms in total. The number of allylic oxidation sites excluding steroid dienone is 1. The van der Waals surface area contributed by atoms with Gasteiger partial charge >= 0.3 is 0 Å². The Hall–Kier alpha value is -4.50. The van der Waals surface area contributed by atoms with E-state index < -0.39 is 10.8 Å². The molecule has 0 radical (unpaired) electrons. The van der Waals surface area contributed by atoms with Crippen LogP contribution < -0.4 is 14.9 Å². The van der Waals surface area contributed by atoms with Crippen molar-refractivity contribution in [2.45, 2.75) is 20.0 Å². The minimum absolute atomic E-state index is 0.0224. The normalized spacial score (nSPS) is 11.0. The first-order chi connectivity index (χ1) is 17.9. The number of nitrogens with zero attached hydrogens (tertiary/aromatic N) is 2. The molecule has 0 aliphatic rings. The predicted molar refractivity (Wildman–Crippen MR) is 146 cm³/mol. The first kappa shape index (κ1) is 25.6. The molecule has 1 aromatic heterocycles. The number of hydrogen-bond donors (Lipinski definition) is 1. The molecule has 0 atom stereocenters. The van der Waals surface area contributed by atoms with Gasteiger partial charge in [-0.05, 0) is 48.7 Å². The maximum atomic E-state index is 12.6. The summed E-state index contributed by atoms with van der Waals surface area (Å²) in [4.78, 5) is 23.5. The highest BCUT2D eigenvalue weighted by Gasteiger charge is 2.14. The van der Waals surface area contributed by atoms with E-state index in [9.17, 15) is 14.9 Å². The molecule has 4 aromatic rings. The number of fused-ring (bicyclic) bond motifs is 1. The number of rotatable bonds is 10. The van der Waals surface area contributed by atoms with Crippen LogP contribution in [0.1, 0.15) is 31.9 Å². The minimum atomic E-state index is -0.463. The fourth-order valence-electron chi connectivity index (χ4n) is 3.70. The van der Waals surface area contributed by atoms with E-state index in [0.717, 1.165) is 15.8 Å². The fourth-order valence-corrected chi connectivity index (χ4v) is 4.63. The van der Waals surface area contributed by atoms with Crippen LogP contribution in [0.4, 0.5) is 5.69 Å². The second kappa shape index (κ2) is 11.5. The number of hydrazone groups is 1. The number of carbonyl (C=O) groups is 1. The number of hydrogen-bond acceptors (Lipinski definition) is 7. The maximum absolute atomic E-state index is 12.6. The van der Waals surface area contributed by atoms with Crippen molar-refractivity contribution in [1.29, 1.82) is 0 Å². The van der Waals surface area contributed by atoms with Gasteiger partial charge in [0.1, 0.15) is 6.61 Å². The number of nitro groups is 1. The highest BCUT2D eigenvalue weighted by Crippen LogP contribution is 2.34. The lowest BCUT2D eigenvalue weighted by atomic mass is 10.1. The van der Waals surface area contributed by atoms with Gasteiger partial charge in [-0.3, -0.25) is 14.9 Å². The zero-order chi connectivity index (χ0) is 26.4. The Balaban J connectivity index is 1.49. The summed E-state index contributed by atoms with van der Waals surface area (Å²) in [7, 11) is 1.57. The quantitative estimate of drug-likeness (QED) is 0.117. The number of methoxy groups -OCH3 is 1. The van der Waals surface area contributed by atoms with E-state index in [1.165, 1.54) is 35.2 Å². The van der Waals surface area contributed by atoms with Crippen molar-refractivity contribution in [2.75, 3.05) is 7.11 Å². The van der Waals surface area contributed by atoms with Gasteiger partial charge in [-0.15, -0.1) is 17.9 Å². The van der Waals surface area contributed by atoms with Crippen LogP contribution in [0.15, 0.2) is 78.4 Å². The molecule has 188 valence electrons. The first-order valence-electron chi connectivity index (χ1n) is 11.4. The Bertz CT molecular complexity index is 1490. The van der Waals surface area contributed by atoms with Gasteiger partial charge in [0.25, 0.3) is 11.6 Å². The number of thiophene rings is 1. The molecule has 0 bridgehead atoms. The molecule has 0 fully saturated rings. The second-order valence-corrected chi connectivity index (χ2v) is 9.35. The standard InChI is InChI=1S/C28H25N3O5S/c1-4-5-21-12-20(13-24(35-3)27(21)36-17-19-8-6-18(2)7-9-19)16-29-30-28(32)26-15-22-14-23(31(33)34)10-11-25(22)37-26/h4,6-16H,1,5,17H2,2-3H3,(H,30,32)/b29-16-. The van der Waals surface area contributed by atoms with Crippen molar-refractivity contribution in [3.05, 3.63) is 111 Å². The molecule has 1 amide bonds. The number of carbonyl (C=O) groups excluding carboxylic acids is 1. The number of amides is 1. The van der Waals surface area contributed by atoms with Crippen molar-refractivity contribution in [3.63, 3.8) is 0 Å². The Labute approximate surface area is 218 Å². The predicted octanol–water partition coefficient (Wildman–Crippen LogP) is 6.20. The van der Waals surface area contributed by atoms with Gasteiger partial charge in [-0.1, -0.05) is 35.9 Å². The molecular formula is C28H25N3O5S. The van der Waals surface area contributed by atoms with Crippen molar-refractivity contribution in [3.8, 4) is 11.5 Å². The van der Waals surface area contributed by atoms with E-state index in [0.29, 0.717) is 40.4 Å². The van der Waals surface area contributed by atoms with Crippen LogP contribution >= 0.6 is 11.3 Å². The van der Waals surface area contributed by atoms with Crippen LogP contribution in [-0.2, 0) is 13.0 Å². The second-order valence-electron chi connectivity index (χ2n) is 8.27. The summed E-state index contributed by atoms with van der Waals surface area (Å²) < 4.78 is 12.5. The summed E-state index contributed by atoms with van der Waals surface area (Å²) in [6.45, 7) is 6.27. The van der Waals surface area contributed by atoms with Crippen molar-refractivity contribution < 1.29 is 19.2 Å². The van der Waals surface area contributed by atoms with Crippen LogP contribution in [-0.4, -0.2) is 24.2 Å². The van der Waals surface area contributed by atoms with Crippen molar-refractivity contribution >= 4 is 39.2 Å². The number of nitro benzene ring substituents is 1. The third-order valence-electron chi connectivity index (χ3n) is 5.56. The van der Waals surface area contributed by atoms with E-state index in [4.69, 9.17) is 9.47 Å². The SMILES string of the molecule is C=CCc1cc(/C=N\NC(=O)c2cc3cc([N+](=O)[O-])ccc3s2)cc(OC)c1OCc1ccc(C)cc1. The van der Waals surface area contributed by atoms with E-state index in [2.05, 4.69) is 17.1 Å². The average Bonchev–Trinajstić information content (AvgIpc) is 3.32. The molecule has 37 heavy (non-hydrogen) atoms. The molecule has 0 spiro atoms. The lowest BCUT2D eigenvalue weighted by Gasteiger charge is -2.16. The first-order valence-corrected chi connectivity index (χ1v) is 12.2. The van der Waals surface area contributed by atoms with E-state index in [-0.39, 0.29) is 5.69 Å². The van der Waals surface area contributed by atoms with Gasteiger partial charge in [0, 0.05) is 27.8 Å². The number of non-ortho nitro benzene ring substituents is 1. The fraction of sp³-hybridized carbons (Fsp3) is 0.143. The summed E-state index contributed by atoms with van der Waals surface area (Å²) in [5.74, 6) is 0.769. The lowest BCUT2D eigenvalue weighted by molar-refractivity contribution is -0.384. The van der Waals surface area contributed by atoms with Crippen LogP contribution in [0.25, 0.3) is 10.1 Å². The van der Waals surface area contributed by atoms with E-state index >= 15 is 0 Å². The molecule has 0 aliphatic carbocycles. The Morgan fingerprint density at radius 1 is 1.16 bits per heavy atom. The molecule has 0 unspecified atom stereocenters. The molecule has 0 saturated heterocycles. The molecule has 1 heterocycles. The molecule has 9 heteroatoms. The van der Waals surface area contributed by atoms with Gasteiger partial charge in [0.05, 0.1) is 23.1 Å². The number of ether oxygens (including phenoxy) is 2. The topological polar surface area (TPSA) is 103 Å². The Kier molecular flexibility index (Phi) is 7.95. The van der Waals surface area contributed by atoms with Crippen molar-refractivity contribution in [2.24, 2.45) is 5.10 Å². The van der Waals surface area contributed by atoms with Gasteiger partial charge < -0.3 is 9.47 Å². The van der Waals surface area contributed by atoms with E-state index in [1.54, 1.807) is 31.4 Å². The zero-order valence-electron chi connectivity index (χ0n) is 20.4. The number of nitrogens with one attached hydrogen (secondary N) is 1. The average molecular weight is 516 g/mol. The maximum Gasteiger partial charge on any atom is 0.281 e. The highest BCUT2D eigenvalue weighted by atomic mass is 32.1. The smallest absolute Gasteiger partial charge is 0.281 e. The van der Waals surface area contributed by atoms with Gasteiger partial charge in [-0.25, -0.2) is 5.43 Å². The van der Waals surface area contributed by atoms with E-state index in [1.807, 2.05) is 37.3 Å². The summed E-state index contributed by atoms with van der Waals surface area (Å²) in [6.07, 6.45) is 3.86. The molecule has 0 aliphatic heterocycles. The minimum Gasteiger partial charge on any atom is -0.493 e. The third kappa shape index (κ3) is 6.20. The molecule has 1 N–H and O–H groups in total. The summed E-state index contributed by atoms with van der Waals surface area (Å²) in [5, 5.41) is 15.7. The third-order valence-corrected chi connectivity index (χ3v) is 6.67. The summed E-state index contributed by atoms with van der Waals surface area (Å²) >= 11 is 1.24. The monoisotopic (exact) mass is 515 g/mol. The summed E-state index contributed by atoms with van der Waals surface area (Å²) in [6, 6.07) is 17.9. The zero-order valence-corrected chi connectivity index (χ0v) is 21.2.